The molecule has 0 spiro atoms. The second kappa shape index (κ2) is 7.82. The molecule has 0 bridgehead atoms. The summed E-state index contributed by atoms with van der Waals surface area (Å²) in [7, 11) is -0.575. The first-order chi connectivity index (χ1) is 7.12. The molecule has 0 saturated heterocycles. The molecule has 0 amide bonds. The highest BCUT2D eigenvalue weighted by atomic mass is 28.3. The van der Waals surface area contributed by atoms with Crippen LogP contribution in [0.3, 0.4) is 0 Å². The van der Waals surface area contributed by atoms with E-state index in [2.05, 4.69) is 45.7 Å². The minimum atomic E-state index is -0.575. The third-order valence-corrected chi connectivity index (χ3v) is 5.29. The molecule has 0 fully saturated rings. The van der Waals surface area contributed by atoms with Crippen molar-refractivity contribution in [3.05, 3.63) is 10.7 Å². The maximum absolute atomic E-state index is 3.36. The molecule has 0 aliphatic rings. The second-order valence-corrected chi connectivity index (χ2v) is 6.27. The van der Waals surface area contributed by atoms with E-state index >= 15 is 0 Å². The summed E-state index contributed by atoms with van der Waals surface area (Å²) in [5.41, 5.74) is 5.04. The van der Waals surface area contributed by atoms with Crippen molar-refractivity contribution in [3.63, 3.8) is 0 Å². The van der Waals surface area contributed by atoms with Gasteiger partial charge < -0.3 is 0 Å². The lowest BCUT2D eigenvalue weighted by atomic mass is 9.40. The van der Waals surface area contributed by atoms with Crippen molar-refractivity contribution in [3.8, 4) is 11.5 Å². The van der Waals surface area contributed by atoms with Crippen LogP contribution in [-0.4, -0.2) is 15.5 Å². The Kier molecular flexibility index (Phi) is 7.60. The van der Waals surface area contributed by atoms with Gasteiger partial charge >= 0.3 is 0 Å². The molecule has 1 radical (unpaired) electrons. The summed E-state index contributed by atoms with van der Waals surface area (Å²) in [6, 6.07) is 0. The van der Waals surface area contributed by atoms with E-state index in [-0.39, 0.29) is 0 Å². The normalized spacial score (nSPS) is 11.9. The van der Waals surface area contributed by atoms with Crippen LogP contribution >= 0.6 is 0 Å². The monoisotopic (exact) mass is 219 g/mol. The summed E-state index contributed by atoms with van der Waals surface area (Å²) in [5.74, 6) is 3.06. The quantitative estimate of drug-likeness (QED) is 0.484. The fourth-order valence-electron chi connectivity index (χ4n) is 2.16. The van der Waals surface area contributed by atoms with Gasteiger partial charge in [-0.15, -0.1) is 16.9 Å². The standard InChI is InChI=1S/C13H24BSi/c1-7-11-15(6)12(5)13(8-2)14(9-3)10-4/h8-10H2,1-6H3/b13-12+. The molecule has 0 N–H and O–H groups in total. The smallest absolute Gasteiger partial charge is 0.128 e. The van der Waals surface area contributed by atoms with Gasteiger partial charge in [0.15, 0.2) is 15.5 Å². The average Bonchev–Trinajstić information content (AvgIpc) is 2.25. The highest BCUT2D eigenvalue weighted by Gasteiger charge is 2.18. The van der Waals surface area contributed by atoms with Crippen molar-refractivity contribution >= 4 is 15.5 Å². The van der Waals surface area contributed by atoms with Gasteiger partial charge in [0.2, 0.25) is 0 Å². The number of hydrogen-bond acceptors (Lipinski definition) is 0. The van der Waals surface area contributed by atoms with E-state index < -0.39 is 8.80 Å². The molecule has 15 heavy (non-hydrogen) atoms. The number of hydrogen-bond donors (Lipinski definition) is 0. The topological polar surface area (TPSA) is 0 Å². The van der Waals surface area contributed by atoms with E-state index in [1.807, 2.05) is 6.92 Å². The predicted molar refractivity (Wildman–Crippen MR) is 74.8 cm³/mol. The summed E-state index contributed by atoms with van der Waals surface area (Å²) >= 11 is 0. The van der Waals surface area contributed by atoms with Crippen molar-refractivity contribution in [2.45, 2.75) is 60.2 Å². The van der Waals surface area contributed by atoms with Crippen molar-refractivity contribution in [2.75, 3.05) is 0 Å². The SMILES string of the molecule is CC#C[Si](C)/C(C)=C(\CC)B(CC)CC. The van der Waals surface area contributed by atoms with E-state index in [9.17, 15) is 0 Å². The van der Waals surface area contributed by atoms with E-state index in [1.54, 1.807) is 10.7 Å². The summed E-state index contributed by atoms with van der Waals surface area (Å²) in [6.07, 6.45) is 3.74. The Morgan fingerprint density at radius 2 is 1.73 bits per heavy atom. The molecule has 0 unspecified atom stereocenters. The number of allylic oxidation sites excluding steroid dienone is 2. The lowest BCUT2D eigenvalue weighted by Crippen LogP contribution is -2.20. The van der Waals surface area contributed by atoms with Crippen molar-refractivity contribution in [1.82, 2.24) is 0 Å². The van der Waals surface area contributed by atoms with Gasteiger partial charge in [0.05, 0.1) is 0 Å². The van der Waals surface area contributed by atoms with Crippen molar-refractivity contribution in [2.24, 2.45) is 0 Å². The average molecular weight is 219 g/mol. The predicted octanol–water partition coefficient (Wildman–Crippen LogP) is 4.01. The molecule has 0 atom stereocenters. The molecule has 0 aliphatic carbocycles. The van der Waals surface area contributed by atoms with Crippen molar-refractivity contribution < 1.29 is 0 Å². The summed E-state index contributed by atoms with van der Waals surface area (Å²) in [5, 5.41) is 1.60. The first kappa shape index (κ1) is 14.6. The molecule has 0 rings (SSSR count). The maximum Gasteiger partial charge on any atom is 0.170 e. The lowest BCUT2D eigenvalue weighted by Gasteiger charge is -2.17. The fourth-order valence-corrected chi connectivity index (χ4v) is 3.59. The van der Waals surface area contributed by atoms with Crippen LogP contribution in [-0.2, 0) is 0 Å². The zero-order valence-electron chi connectivity index (χ0n) is 11.2. The van der Waals surface area contributed by atoms with Crippen LogP contribution in [0.15, 0.2) is 10.7 Å². The zero-order valence-corrected chi connectivity index (χ0v) is 12.2. The molecule has 0 aromatic carbocycles. The van der Waals surface area contributed by atoms with E-state index in [0.29, 0.717) is 0 Å². The molecule has 0 nitrogen and oxygen atoms in total. The Bertz CT molecular complexity index is 266. The maximum atomic E-state index is 3.36. The van der Waals surface area contributed by atoms with Gasteiger partial charge in [-0.3, -0.25) is 0 Å². The molecule has 0 saturated carbocycles. The summed E-state index contributed by atoms with van der Waals surface area (Å²) < 4.78 is 0. The van der Waals surface area contributed by atoms with Crippen LogP contribution in [0.25, 0.3) is 0 Å². The third-order valence-electron chi connectivity index (χ3n) is 3.22. The highest BCUT2D eigenvalue weighted by molar-refractivity contribution is 6.77. The Morgan fingerprint density at radius 3 is 2.07 bits per heavy atom. The Morgan fingerprint density at radius 1 is 1.20 bits per heavy atom. The van der Waals surface area contributed by atoms with Gasteiger partial charge in [0.1, 0.15) is 0 Å². The summed E-state index contributed by atoms with van der Waals surface area (Å²) in [6.45, 7) is 14.2. The minimum Gasteiger partial charge on any atom is -0.128 e. The number of rotatable bonds is 5. The fraction of sp³-hybridized carbons (Fsp3) is 0.692. The van der Waals surface area contributed by atoms with Gasteiger partial charge in [-0.25, -0.2) is 0 Å². The van der Waals surface area contributed by atoms with Crippen LogP contribution in [0.5, 0.6) is 0 Å². The van der Waals surface area contributed by atoms with Gasteiger partial charge in [0, 0.05) is 0 Å². The Hall–Kier alpha value is -0.418. The molecule has 0 aromatic rings. The lowest BCUT2D eigenvalue weighted by molar-refractivity contribution is 1.13. The second-order valence-electron chi connectivity index (χ2n) is 4.02. The van der Waals surface area contributed by atoms with Crippen LogP contribution in [0, 0.1) is 11.5 Å². The largest absolute Gasteiger partial charge is 0.170 e. The molecule has 83 valence electrons. The van der Waals surface area contributed by atoms with E-state index in [1.165, 1.54) is 19.1 Å². The molecule has 0 heterocycles. The van der Waals surface area contributed by atoms with E-state index in [0.717, 1.165) is 6.71 Å². The van der Waals surface area contributed by atoms with Crippen LogP contribution < -0.4 is 0 Å². The Labute approximate surface area is 98.2 Å². The van der Waals surface area contributed by atoms with Gasteiger partial charge in [0.25, 0.3) is 0 Å². The van der Waals surface area contributed by atoms with Gasteiger partial charge in [-0.1, -0.05) is 45.2 Å². The molecule has 2 heteroatoms. The van der Waals surface area contributed by atoms with E-state index in [4.69, 9.17) is 0 Å². The zero-order chi connectivity index (χ0) is 11.8. The molecular formula is C13H24BSi. The first-order valence-corrected chi connectivity index (χ1v) is 8.08. The van der Waals surface area contributed by atoms with Gasteiger partial charge in [-0.05, 0) is 20.3 Å². The minimum absolute atomic E-state index is 0.575. The van der Waals surface area contributed by atoms with Crippen LogP contribution in [0.1, 0.15) is 41.0 Å². The van der Waals surface area contributed by atoms with Crippen LogP contribution in [0.4, 0.5) is 0 Å². The van der Waals surface area contributed by atoms with Crippen molar-refractivity contribution in [1.29, 1.82) is 0 Å². The van der Waals surface area contributed by atoms with Crippen LogP contribution in [0.2, 0.25) is 19.2 Å². The van der Waals surface area contributed by atoms with Gasteiger partial charge in [-0.2, -0.15) is 0 Å². The molecule has 0 aliphatic heterocycles. The summed E-state index contributed by atoms with van der Waals surface area (Å²) in [4.78, 5) is 0. The molecular weight excluding hydrogens is 195 g/mol. The third kappa shape index (κ3) is 4.30. The first-order valence-electron chi connectivity index (χ1n) is 6.08. The highest BCUT2D eigenvalue weighted by Crippen LogP contribution is 2.19. The Balaban J connectivity index is 4.99. The molecule has 0 aromatic heterocycles.